The van der Waals surface area contributed by atoms with Gasteiger partial charge in [-0.15, -0.1) is 0 Å². The van der Waals surface area contributed by atoms with Gasteiger partial charge in [-0.2, -0.15) is 0 Å². The quantitative estimate of drug-likeness (QED) is 0.933. The molecule has 1 aliphatic heterocycles. The first-order valence-corrected chi connectivity index (χ1v) is 8.66. The van der Waals surface area contributed by atoms with Crippen molar-refractivity contribution in [2.45, 2.75) is 6.42 Å². The lowest BCUT2D eigenvalue weighted by atomic mass is 10.1. The van der Waals surface area contributed by atoms with Crippen LogP contribution in [0.15, 0.2) is 42.7 Å². The summed E-state index contributed by atoms with van der Waals surface area (Å²) in [6.07, 6.45) is 4.97. The summed E-state index contributed by atoms with van der Waals surface area (Å²) in [4.78, 5) is 18.2. The standard InChI is InChI=1S/C15H15N3O3S/c1-22(20,21)17-13-4-5-14-11(9-13)6-8-18(14)15(19)12-3-2-7-16-10-12/h2-5,7,9-10,17H,6,8H2,1H3. The Morgan fingerprint density at radius 3 is 2.82 bits per heavy atom. The largest absolute Gasteiger partial charge is 0.308 e. The smallest absolute Gasteiger partial charge is 0.259 e. The van der Waals surface area contributed by atoms with Gasteiger partial charge in [0, 0.05) is 30.3 Å². The van der Waals surface area contributed by atoms with Crippen LogP contribution >= 0.6 is 0 Å². The number of aromatic nitrogens is 1. The fraction of sp³-hybridized carbons (Fsp3) is 0.200. The number of pyridine rings is 1. The Morgan fingerprint density at radius 1 is 1.32 bits per heavy atom. The van der Waals surface area contributed by atoms with E-state index in [9.17, 15) is 13.2 Å². The monoisotopic (exact) mass is 317 g/mol. The number of nitrogens with zero attached hydrogens (tertiary/aromatic N) is 2. The van der Waals surface area contributed by atoms with Crippen LogP contribution < -0.4 is 9.62 Å². The Balaban J connectivity index is 1.88. The summed E-state index contributed by atoms with van der Waals surface area (Å²) < 4.78 is 25.0. The average molecular weight is 317 g/mol. The van der Waals surface area contributed by atoms with Crippen molar-refractivity contribution in [2.24, 2.45) is 0 Å². The second-order valence-corrected chi connectivity index (χ2v) is 6.91. The van der Waals surface area contributed by atoms with Crippen LogP contribution in [0.2, 0.25) is 0 Å². The summed E-state index contributed by atoms with van der Waals surface area (Å²) in [6, 6.07) is 8.65. The van der Waals surface area contributed by atoms with Gasteiger partial charge < -0.3 is 4.90 Å². The molecular weight excluding hydrogens is 302 g/mol. The minimum absolute atomic E-state index is 0.101. The van der Waals surface area contributed by atoms with Gasteiger partial charge in [-0.25, -0.2) is 8.42 Å². The molecule has 0 atom stereocenters. The highest BCUT2D eigenvalue weighted by Crippen LogP contribution is 2.31. The number of fused-ring (bicyclic) bond motifs is 1. The number of benzene rings is 1. The molecule has 2 aromatic rings. The van der Waals surface area contributed by atoms with E-state index in [0.717, 1.165) is 17.5 Å². The molecule has 0 saturated heterocycles. The Kier molecular flexibility index (Phi) is 3.58. The summed E-state index contributed by atoms with van der Waals surface area (Å²) >= 11 is 0. The van der Waals surface area contributed by atoms with Crippen molar-refractivity contribution in [1.29, 1.82) is 0 Å². The van der Waals surface area contributed by atoms with Gasteiger partial charge in [0.15, 0.2) is 0 Å². The minimum Gasteiger partial charge on any atom is -0.308 e. The van der Waals surface area contributed by atoms with Crippen molar-refractivity contribution in [3.05, 3.63) is 53.9 Å². The Labute approximate surface area is 128 Å². The molecule has 22 heavy (non-hydrogen) atoms. The van der Waals surface area contributed by atoms with Crippen molar-refractivity contribution in [3.8, 4) is 0 Å². The maximum Gasteiger partial charge on any atom is 0.259 e. The molecule has 1 aromatic carbocycles. The van der Waals surface area contributed by atoms with Crippen LogP contribution in [0.1, 0.15) is 15.9 Å². The summed E-state index contributed by atoms with van der Waals surface area (Å²) in [5.41, 5.74) is 2.81. The molecular formula is C15H15N3O3S. The first-order valence-electron chi connectivity index (χ1n) is 6.77. The fourth-order valence-electron chi connectivity index (χ4n) is 2.54. The zero-order chi connectivity index (χ0) is 15.7. The molecule has 0 unspecified atom stereocenters. The Bertz CT molecular complexity index is 819. The van der Waals surface area contributed by atoms with E-state index in [1.165, 1.54) is 0 Å². The maximum absolute atomic E-state index is 12.5. The zero-order valence-electron chi connectivity index (χ0n) is 12.0. The number of anilines is 2. The normalized spacial score (nSPS) is 13.8. The first-order chi connectivity index (χ1) is 10.4. The van der Waals surface area contributed by atoms with Crippen molar-refractivity contribution >= 4 is 27.3 Å². The van der Waals surface area contributed by atoms with Gasteiger partial charge in [-0.1, -0.05) is 0 Å². The molecule has 6 nitrogen and oxygen atoms in total. The van der Waals surface area contributed by atoms with E-state index in [2.05, 4.69) is 9.71 Å². The third kappa shape index (κ3) is 2.94. The van der Waals surface area contributed by atoms with E-state index >= 15 is 0 Å². The Morgan fingerprint density at radius 2 is 2.14 bits per heavy atom. The number of hydrogen-bond acceptors (Lipinski definition) is 4. The van der Waals surface area contributed by atoms with Crippen LogP contribution in [-0.4, -0.2) is 32.1 Å². The van der Waals surface area contributed by atoms with Gasteiger partial charge in [0.05, 0.1) is 11.8 Å². The maximum atomic E-state index is 12.5. The van der Waals surface area contributed by atoms with Gasteiger partial charge in [0.25, 0.3) is 5.91 Å². The molecule has 0 radical (unpaired) electrons. The summed E-state index contributed by atoms with van der Waals surface area (Å²) in [7, 11) is -3.31. The van der Waals surface area contributed by atoms with Crippen LogP contribution in [0.5, 0.6) is 0 Å². The third-order valence-corrected chi connectivity index (χ3v) is 4.04. The average Bonchev–Trinajstić information content (AvgIpc) is 2.88. The fourth-order valence-corrected chi connectivity index (χ4v) is 3.09. The van der Waals surface area contributed by atoms with Crippen LogP contribution in [0.4, 0.5) is 11.4 Å². The number of sulfonamides is 1. The zero-order valence-corrected chi connectivity index (χ0v) is 12.8. The van der Waals surface area contributed by atoms with Crippen molar-refractivity contribution in [1.82, 2.24) is 4.98 Å². The second-order valence-electron chi connectivity index (χ2n) is 5.17. The van der Waals surface area contributed by atoms with Crippen LogP contribution in [0.3, 0.4) is 0 Å². The number of rotatable bonds is 3. The predicted octanol–water partition coefficient (Wildman–Crippen LogP) is 1.66. The molecule has 114 valence electrons. The van der Waals surface area contributed by atoms with E-state index in [0.29, 0.717) is 24.2 Å². The van der Waals surface area contributed by atoms with E-state index in [4.69, 9.17) is 0 Å². The third-order valence-electron chi connectivity index (χ3n) is 3.43. The van der Waals surface area contributed by atoms with E-state index in [1.807, 2.05) is 0 Å². The number of nitrogens with one attached hydrogen (secondary N) is 1. The van der Waals surface area contributed by atoms with E-state index < -0.39 is 10.0 Å². The molecule has 1 aliphatic rings. The SMILES string of the molecule is CS(=O)(=O)Nc1ccc2c(c1)CCN2C(=O)c1cccnc1. The number of carbonyl (C=O) groups excluding carboxylic acids is 1. The van der Waals surface area contributed by atoms with Gasteiger partial charge in [0.1, 0.15) is 0 Å². The minimum atomic E-state index is -3.31. The molecule has 0 bridgehead atoms. The van der Waals surface area contributed by atoms with Crippen molar-refractivity contribution in [2.75, 3.05) is 22.4 Å². The number of carbonyl (C=O) groups is 1. The van der Waals surface area contributed by atoms with Gasteiger partial charge in [-0.3, -0.25) is 14.5 Å². The molecule has 0 fully saturated rings. The molecule has 2 heterocycles. The molecule has 0 aliphatic carbocycles. The number of amides is 1. The number of hydrogen-bond donors (Lipinski definition) is 1. The van der Waals surface area contributed by atoms with Gasteiger partial charge in [0.2, 0.25) is 10.0 Å². The van der Waals surface area contributed by atoms with Gasteiger partial charge >= 0.3 is 0 Å². The lowest BCUT2D eigenvalue weighted by molar-refractivity contribution is 0.0989. The highest BCUT2D eigenvalue weighted by Gasteiger charge is 2.26. The molecule has 3 rings (SSSR count). The lowest BCUT2D eigenvalue weighted by Crippen LogP contribution is -2.28. The van der Waals surface area contributed by atoms with Crippen molar-refractivity contribution < 1.29 is 13.2 Å². The lowest BCUT2D eigenvalue weighted by Gasteiger charge is -2.17. The van der Waals surface area contributed by atoms with E-state index in [1.54, 1.807) is 47.6 Å². The Hall–Kier alpha value is -2.41. The molecule has 1 amide bonds. The van der Waals surface area contributed by atoms with E-state index in [-0.39, 0.29) is 5.91 Å². The highest BCUT2D eigenvalue weighted by molar-refractivity contribution is 7.92. The summed E-state index contributed by atoms with van der Waals surface area (Å²) in [5.74, 6) is -0.101. The molecule has 0 spiro atoms. The first kappa shape index (κ1) is 14.5. The van der Waals surface area contributed by atoms with Gasteiger partial charge in [-0.05, 0) is 42.3 Å². The molecule has 0 saturated carbocycles. The molecule has 1 N–H and O–H groups in total. The molecule has 7 heteroatoms. The highest BCUT2D eigenvalue weighted by atomic mass is 32.2. The van der Waals surface area contributed by atoms with Crippen LogP contribution in [0.25, 0.3) is 0 Å². The topological polar surface area (TPSA) is 79.4 Å². The second kappa shape index (κ2) is 5.42. The van der Waals surface area contributed by atoms with Crippen molar-refractivity contribution in [3.63, 3.8) is 0 Å². The van der Waals surface area contributed by atoms with Crippen LogP contribution in [-0.2, 0) is 16.4 Å². The predicted molar refractivity (Wildman–Crippen MR) is 84.5 cm³/mol. The molecule has 1 aromatic heterocycles. The summed E-state index contributed by atoms with van der Waals surface area (Å²) in [5, 5.41) is 0. The summed E-state index contributed by atoms with van der Waals surface area (Å²) in [6.45, 7) is 0.575. The van der Waals surface area contributed by atoms with Crippen LogP contribution in [0, 0.1) is 0 Å².